The Bertz CT molecular complexity index is 644. The first-order valence-corrected chi connectivity index (χ1v) is 6.37. The standard InChI is InChI=1S/C16H14ClNO/c1-11-6-7-12(2)16(8-11)19-10-13-4-3-5-15(17)14(13)9-18/h3-8H,10H2,1-2H3. The fraction of sp³-hybridized carbons (Fsp3) is 0.188. The summed E-state index contributed by atoms with van der Waals surface area (Å²) >= 11 is 5.99. The summed E-state index contributed by atoms with van der Waals surface area (Å²) in [6.07, 6.45) is 0. The minimum atomic E-state index is 0.341. The number of aryl methyl sites for hydroxylation is 2. The Balaban J connectivity index is 2.22. The molecule has 0 radical (unpaired) electrons. The maximum atomic E-state index is 9.11. The molecular formula is C16H14ClNO. The van der Waals surface area contributed by atoms with Crippen molar-refractivity contribution in [3.05, 3.63) is 63.7 Å². The summed E-state index contributed by atoms with van der Waals surface area (Å²) in [5.74, 6) is 0.837. The van der Waals surface area contributed by atoms with Gasteiger partial charge in [-0.2, -0.15) is 5.26 Å². The zero-order chi connectivity index (χ0) is 13.8. The Kier molecular flexibility index (Phi) is 4.09. The molecule has 2 rings (SSSR count). The van der Waals surface area contributed by atoms with Crippen LogP contribution in [0.2, 0.25) is 5.02 Å². The van der Waals surface area contributed by atoms with E-state index in [4.69, 9.17) is 21.6 Å². The van der Waals surface area contributed by atoms with E-state index in [0.29, 0.717) is 17.2 Å². The molecule has 0 spiro atoms. The second-order valence-electron chi connectivity index (χ2n) is 4.44. The maximum Gasteiger partial charge on any atom is 0.122 e. The lowest BCUT2D eigenvalue weighted by molar-refractivity contribution is 0.303. The number of nitrogens with zero attached hydrogens (tertiary/aromatic N) is 1. The van der Waals surface area contributed by atoms with Gasteiger partial charge in [0.25, 0.3) is 0 Å². The summed E-state index contributed by atoms with van der Waals surface area (Å²) < 4.78 is 5.79. The number of nitriles is 1. The van der Waals surface area contributed by atoms with Gasteiger partial charge in [0.05, 0.1) is 10.6 Å². The third kappa shape index (κ3) is 3.07. The molecule has 0 aliphatic rings. The fourth-order valence-electron chi connectivity index (χ4n) is 1.83. The molecule has 2 aromatic carbocycles. The van der Waals surface area contributed by atoms with E-state index in [0.717, 1.165) is 22.4 Å². The molecule has 0 aromatic heterocycles. The van der Waals surface area contributed by atoms with E-state index in [-0.39, 0.29) is 0 Å². The molecule has 0 aliphatic carbocycles. The van der Waals surface area contributed by atoms with E-state index in [9.17, 15) is 0 Å². The van der Waals surface area contributed by atoms with Gasteiger partial charge in [-0.1, -0.05) is 35.9 Å². The third-order valence-electron chi connectivity index (χ3n) is 2.94. The summed E-state index contributed by atoms with van der Waals surface area (Å²) in [7, 11) is 0. The summed E-state index contributed by atoms with van der Waals surface area (Å²) in [6.45, 7) is 4.36. The Morgan fingerprint density at radius 1 is 1.21 bits per heavy atom. The van der Waals surface area contributed by atoms with Gasteiger partial charge in [0, 0.05) is 5.56 Å². The van der Waals surface area contributed by atoms with Gasteiger partial charge in [0.2, 0.25) is 0 Å². The highest BCUT2D eigenvalue weighted by Crippen LogP contribution is 2.23. The number of benzene rings is 2. The minimum Gasteiger partial charge on any atom is -0.489 e. The molecule has 0 unspecified atom stereocenters. The van der Waals surface area contributed by atoms with E-state index in [2.05, 4.69) is 6.07 Å². The highest BCUT2D eigenvalue weighted by molar-refractivity contribution is 6.31. The SMILES string of the molecule is Cc1ccc(C)c(OCc2cccc(Cl)c2C#N)c1. The molecular weight excluding hydrogens is 258 g/mol. The predicted octanol–water partition coefficient (Wildman–Crippen LogP) is 4.41. The first kappa shape index (κ1) is 13.5. The van der Waals surface area contributed by atoms with Gasteiger partial charge >= 0.3 is 0 Å². The van der Waals surface area contributed by atoms with Crippen molar-refractivity contribution >= 4 is 11.6 Å². The van der Waals surface area contributed by atoms with Crippen LogP contribution in [0.1, 0.15) is 22.3 Å². The zero-order valence-electron chi connectivity index (χ0n) is 10.9. The third-order valence-corrected chi connectivity index (χ3v) is 3.25. The number of rotatable bonds is 3. The topological polar surface area (TPSA) is 33.0 Å². The van der Waals surface area contributed by atoms with Crippen molar-refractivity contribution in [3.8, 4) is 11.8 Å². The molecule has 0 bridgehead atoms. The van der Waals surface area contributed by atoms with Crippen LogP contribution in [0.5, 0.6) is 5.75 Å². The molecule has 0 N–H and O–H groups in total. The summed E-state index contributed by atoms with van der Waals surface area (Å²) in [4.78, 5) is 0. The zero-order valence-corrected chi connectivity index (χ0v) is 11.7. The predicted molar refractivity (Wildman–Crippen MR) is 76.4 cm³/mol. The summed E-state index contributed by atoms with van der Waals surface area (Å²) in [6, 6.07) is 13.6. The van der Waals surface area contributed by atoms with Crippen LogP contribution >= 0.6 is 11.6 Å². The second-order valence-corrected chi connectivity index (χ2v) is 4.85. The van der Waals surface area contributed by atoms with Crippen molar-refractivity contribution in [3.63, 3.8) is 0 Å². The van der Waals surface area contributed by atoms with Crippen LogP contribution in [0.3, 0.4) is 0 Å². The number of hydrogen-bond acceptors (Lipinski definition) is 2. The van der Waals surface area contributed by atoms with Crippen LogP contribution in [0.15, 0.2) is 36.4 Å². The first-order valence-electron chi connectivity index (χ1n) is 5.99. The van der Waals surface area contributed by atoms with Crippen molar-refractivity contribution in [2.24, 2.45) is 0 Å². The second kappa shape index (κ2) is 5.77. The lowest BCUT2D eigenvalue weighted by atomic mass is 10.1. The van der Waals surface area contributed by atoms with Gasteiger partial charge in [0.1, 0.15) is 18.4 Å². The molecule has 0 fully saturated rings. The molecule has 96 valence electrons. The average molecular weight is 272 g/mol. The van der Waals surface area contributed by atoms with Crippen molar-refractivity contribution < 1.29 is 4.74 Å². The van der Waals surface area contributed by atoms with E-state index < -0.39 is 0 Å². The van der Waals surface area contributed by atoms with Crippen LogP contribution < -0.4 is 4.74 Å². The molecule has 2 nitrogen and oxygen atoms in total. The van der Waals surface area contributed by atoms with Crippen molar-refractivity contribution in [1.29, 1.82) is 5.26 Å². The van der Waals surface area contributed by atoms with Gasteiger partial charge in [-0.3, -0.25) is 0 Å². The molecule has 0 heterocycles. The van der Waals surface area contributed by atoms with E-state index in [1.807, 2.05) is 44.2 Å². The Labute approximate surface area is 118 Å². The van der Waals surface area contributed by atoms with E-state index in [1.165, 1.54) is 0 Å². The minimum absolute atomic E-state index is 0.341. The van der Waals surface area contributed by atoms with E-state index >= 15 is 0 Å². The van der Waals surface area contributed by atoms with E-state index in [1.54, 1.807) is 6.07 Å². The van der Waals surface area contributed by atoms with Crippen LogP contribution in [0.4, 0.5) is 0 Å². The Morgan fingerprint density at radius 2 is 2.00 bits per heavy atom. The summed E-state index contributed by atoms with van der Waals surface area (Å²) in [5.41, 5.74) is 3.50. The average Bonchev–Trinajstić information content (AvgIpc) is 2.40. The highest BCUT2D eigenvalue weighted by atomic mass is 35.5. The molecule has 2 aromatic rings. The van der Waals surface area contributed by atoms with Crippen LogP contribution in [0, 0.1) is 25.2 Å². The summed E-state index contributed by atoms with van der Waals surface area (Å²) in [5, 5.41) is 9.57. The fourth-order valence-corrected chi connectivity index (χ4v) is 2.07. The van der Waals surface area contributed by atoms with Crippen molar-refractivity contribution in [1.82, 2.24) is 0 Å². The first-order chi connectivity index (χ1) is 9.11. The Morgan fingerprint density at radius 3 is 2.74 bits per heavy atom. The number of halogens is 1. The monoisotopic (exact) mass is 271 g/mol. The normalized spacial score (nSPS) is 10.0. The highest BCUT2D eigenvalue weighted by Gasteiger charge is 2.07. The van der Waals surface area contributed by atoms with Gasteiger partial charge in [-0.05, 0) is 37.1 Å². The van der Waals surface area contributed by atoms with Crippen molar-refractivity contribution in [2.45, 2.75) is 20.5 Å². The molecule has 0 saturated carbocycles. The van der Waals surface area contributed by atoms with Crippen LogP contribution in [-0.2, 0) is 6.61 Å². The van der Waals surface area contributed by atoms with Crippen LogP contribution in [0.25, 0.3) is 0 Å². The lowest BCUT2D eigenvalue weighted by Crippen LogP contribution is -2.00. The molecule has 0 amide bonds. The lowest BCUT2D eigenvalue weighted by Gasteiger charge is -2.11. The molecule has 0 saturated heterocycles. The largest absolute Gasteiger partial charge is 0.489 e. The van der Waals surface area contributed by atoms with Gasteiger partial charge in [0.15, 0.2) is 0 Å². The quantitative estimate of drug-likeness (QED) is 0.828. The van der Waals surface area contributed by atoms with Crippen LogP contribution in [-0.4, -0.2) is 0 Å². The molecule has 3 heteroatoms. The Hall–Kier alpha value is -1.98. The molecule has 0 aliphatic heterocycles. The molecule has 0 atom stereocenters. The number of ether oxygens (including phenoxy) is 1. The maximum absolute atomic E-state index is 9.11. The smallest absolute Gasteiger partial charge is 0.122 e. The molecule has 19 heavy (non-hydrogen) atoms. The van der Waals surface area contributed by atoms with Gasteiger partial charge in [-0.15, -0.1) is 0 Å². The van der Waals surface area contributed by atoms with Gasteiger partial charge in [-0.25, -0.2) is 0 Å². The van der Waals surface area contributed by atoms with Gasteiger partial charge < -0.3 is 4.74 Å². The number of hydrogen-bond donors (Lipinski definition) is 0. The van der Waals surface area contributed by atoms with Crippen molar-refractivity contribution in [2.75, 3.05) is 0 Å².